The van der Waals surface area contributed by atoms with Crippen LogP contribution in [-0.2, 0) is 0 Å². The molecule has 0 amide bonds. The standard InChI is InChI=1S/C9H7BrN2OS/c1-6-2-3-7(10)4-8(6)13-9-11-5-12-14-9/h2-5H,1H3. The lowest BCUT2D eigenvalue weighted by Crippen LogP contribution is -1.86. The van der Waals surface area contributed by atoms with Crippen LogP contribution in [-0.4, -0.2) is 9.36 Å². The number of aryl methyl sites for hydroxylation is 1. The van der Waals surface area contributed by atoms with Crippen molar-refractivity contribution in [3.63, 3.8) is 0 Å². The summed E-state index contributed by atoms with van der Waals surface area (Å²) in [5.41, 5.74) is 1.07. The maximum absolute atomic E-state index is 5.54. The predicted molar refractivity (Wildman–Crippen MR) is 58.9 cm³/mol. The first-order valence-electron chi connectivity index (χ1n) is 3.96. The van der Waals surface area contributed by atoms with Crippen LogP contribution in [0, 0.1) is 6.92 Å². The SMILES string of the molecule is Cc1ccc(Br)cc1Oc1ncns1. The summed E-state index contributed by atoms with van der Waals surface area (Å²) < 4.78 is 10.4. The van der Waals surface area contributed by atoms with Gasteiger partial charge in [-0.1, -0.05) is 22.0 Å². The van der Waals surface area contributed by atoms with Crippen LogP contribution in [0.1, 0.15) is 5.56 Å². The third-order valence-corrected chi connectivity index (χ3v) is 2.73. The number of halogens is 1. The minimum Gasteiger partial charge on any atom is -0.430 e. The molecule has 0 saturated heterocycles. The molecule has 3 nitrogen and oxygen atoms in total. The predicted octanol–water partition coefficient (Wildman–Crippen LogP) is 3.40. The molecule has 1 heterocycles. The topological polar surface area (TPSA) is 35.0 Å². The highest BCUT2D eigenvalue weighted by Gasteiger charge is 2.04. The van der Waals surface area contributed by atoms with Crippen molar-refractivity contribution in [2.24, 2.45) is 0 Å². The summed E-state index contributed by atoms with van der Waals surface area (Å²) in [6, 6.07) is 5.87. The lowest BCUT2D eigenvalue weighted by atomic mass is 10.2. The summed E-state index contributed by atoms with van der Waals surface area (Å²) in [6.07, 6.45) is 1.48. The molecular formula is C9H7BrN2OS. The fourth-order valence-corrected chi connectivity index (χ4v) is 1.73. The third kappa shape index (κ3) is 2.10. The third-order valence-electron chi connectivity index (χ3n) is 1.69. The van der Waals surface area contributed by atoms with E-state index in [1.54, 1.807) is 0 Å². The van der Waals surface area contributed by atoms with E-state index in [9.17, 15) is 0 Å². The highest BCUT2D eigenvalue weighted by atomic mass is 79.9. The number of hydrogen-bond acceptors (Lipinski definition) is 4. The first kappa shape index (κ1) is 9.61. The monoisotopic (exact) mass is 270 g/mol. The Morgan fingerprint density at radius 2 is 2.29 bits per heavy atom. The molecule has 5 heteroatoms. The Morgan fingerprint density at radius 3 is 3.00 bits per heavy atom. The molecule has 1 aromatic carbocycles. The summed E-state index contributed by atoms with van der Waals surface area (Å²) in [4.78, 5) is 3.95. The van der Waals surface area contributed by atoms with Crippen molar-refractivity contribution in [2.45, 2.75) is 6.92 Å². The average Bonchev–Trinajstić information content (AvgIpc) is 2.64. The van der Waals surface area contributed by atoms with Gasteiger partial charge in [-0.15, -0.1) is 0 Å². The quantitative estimate of drug-likeness (QED) is 0.839. The van der Waals surface area contributed by atoms with Gasteiger partial charge in [0.15, 0.2) is 0 Å². The van der Waals surface area contributed by atoms with Crippen molar-refractivity contribution >= 4 is 27.5 Å². The zero-order valence-corrected chi connectivity index (χ0v) is 9.80. The number of nitrogens with zero attached hydrogens (tertiary/aromatic N) is 2. The van der Waals surface area contributed by atoms with Crippen LogP contribution >= 0.6 is 27.5 Å². The first-order valence-corrected chi connectivity index (χ1v) is 5.53. The van der Waals surface area contributed by atoms with Crippen molar-refractivity contribution in [2.75, 3.05) is 0 Å². The van der Waals surface area contributed by atoms with E-state index in [4.69, 9.17) is 4.74 Å². The van der Waals surface area contributed by atoms with E-state index < -0.39 is 0 Å². The lowest BCUT2D eigenvalue weighted by molar-refractivity contribution is 0.475. The van der Waals surface area contributed by atoms with Gasteiger partial charge in [-0.25, -0.2) is 0 Å². The van der Waals surface area contributed by atoms with Gasteiger partial charge in [-0.05, 0) is 24.6 Å². The van der Waals surface area contributed by atoms with Crippen LogP contribution in [0.2, 0.25) is 0 Å². The molecule has 1 aromatic heterocycles. The van der Waals surface area contributed by atoms with Crippen LogP contribution < -0.4 is 4.74 Å². The number of ether oxygens (including phenoxy) is 1. The van der Waals surface area contributed by atoms with E-state index in [2.05, 4.69) is 25.3 Å². The normalized spacial score (nSPS) is 10.1. The zero-order chi connectivity index (χ0) is 9.97. The lowest BCUT2D eigenvalue weighted by Gasteiger charge is -2.04. The Labute approximate surface area is 94.1 Å². The van der Waals surface area contributed by atoms with Crippen LogP contribution in [0.25, 0.3) is 0 Å². The van der Waals surface area contributed by atoms with Gasteiger partial charge < -0.3 is 4.74 Å². The molecule has 0 aliphatic rings. The van der Waals surface area contributed by atoms with Crippen molar-refractivity contribution in [1.29, 1.82) is 0 Å². The second-order valence-corrected chi connectivity index (χ2v) is 4.38. The summed E-state index contributed by atoms with van der Waals surface area (Å²) in [7, 11) is 0. The van der Waals surface area contributed by atoms with Crippen molar-refractivity contribution in [3.05, 3.63) is 34.6 Å². The van der Waals surface area contributed by atoms with Gasteiger partial charge in [0.05, 0.1) is 0 Å². The molecule has 0 fully saturated rings. The molecule has 14 heavy (non-hydrogen) atoms. The van der Waals surface area contributed by atoms with Gasteiger partial charge in [0.1, 0.15) is 12.1 Å². The van der Waals surface area contributed by atoms with Gasteiger partial charge in [0, 0.05) is 16.0 Å². The van der Waals surface area contributed by atoms with Gasteiger partial charge in [-0.2, -0.15) is 9.36 Å². The van der Waals surface area contributed by atoms with E-state index >= 15 is 0 Å². The zero-order valence-electron chi connectivity index (χ0n) is 7.40. The smallest absolute Gasteiger partial charge is 0.298 e. The minimum atomic E-state index is 0.561. The number of hydrogen-bond donors (Lipinski definition) is 0. The Bertz CT molecular complexity index is 430. The van der Waals surface area contributed by atoms with Gasteiger partial charge in [-0.3, -0.25) is 0 Å². The second kappa shape index (κ2) is 4.06. The maximum atomic E-state index is 5.54. The first-order chi connectivity index (χ1) is 6.75. The summed E-state index contributed by atoms with van der Waals surface area (Å²) >= 11 is 4.62. The summed E-state index contributed by atoms with van der Waals surface area (Å²) in [6.45, 7) is 1.99. The molecule has 0 atom stereocenters. The summed E-state index contributed by atoms with van der Waals surface area (Å²) in [5, 5.41) is 0.561. The molecule has 0 saturated carbocycles. The van der Waals surface area contributed by atoms with E-state index in [1.165, 1.54) is 17.9 Å². The fraction of sp³-hybridized carbons (Fsp3) is 0.111. The van der Waals surface area contributed by atoms with E-state index in [0.717, 1.165) is 15.8 Å². The van der Waals surface area contributed by atoms with Crippen molar-refractivity contribution in [1.82, 2.24) is 9.36 Å². The molecule has 2 aromatic rings. The molecule has 0 aliphatic carbocycles. The minimum absolute atomic E-state index is 0.561. The Hall–Kier alpha value is -0.940. The fourth-order valence-electron chi connectivity index (χ4n) is 0.986. The molecule has 72 valence electrons. The van der Waals surface area contributed by atoms with Crippen LogP contribution in [0.4, 0.5) is 0 Å². The Morgan fingerprint density at radius 1 is 1.43 bits per heavy atom. The highest BCUT2D eigenvalue weighted by Crippen LogP contribution is 2.28. The molecule has 0 N–H and O–H groups in total. The van der Waals surface area contributed by atoms with Crippen LogP contribution in [0.15, 0.2) is 29.0 Å². The van der Waals surface area contributed by atoms with E-state index in [-0.39, 0.29) is 0 Å². The second-order valence-electron chi connectivity index (χ2n) is 2.72. The van der Waals surface area contributed by atoms with Gasteiger partial charge in [0.25, 0.3) is 5.19 Å². The largest absolute Gasteiger partial charge is 0.430 e. The molecule has 0 unspecified atom stereocenters. The number of aromatic nitrogens is 2. The maximum Gasteiger partial charge on any atom is 0.298 e. The summed E-state index contributed by atoms with van der Waals surface area (Å²) in [5.74, 6) is 0.802. The molecule has 0 aliphatic heterocycles. The van der Waals surface area contributed by atoms with Crippen LogP contribution in [0.3, 0.4) is 0 Å². The molecule has 2 rings (SSSR count). The molecular weight excluding hydrogens is 264 g/mol. The number of rotatable bonds is 2. The Balaban J connectivity index is 2.28. The molecule has 0 radical (unpaired) electrons. The van der Waals surface area contributed by atoms with Crippen molar-refractivity contribution in [3.8, 4) is 10.9 Å². The highest BCUT2D eigenvalue weighted by molar-refractivity contribution is 9.10. The van der Waals surface area contributed by atoms with Gasteiger partial charge in [0.2, 0.25) is 0 Å². The van der Waals surface area contributed by atoms with E-state index in [1.807, 2.05) is 25.1 Å². The Kier molecular flexibility index (Phi) is 2.79. The average molecular weight is 271 g/mol. The van der Waals surface area contributed by atoms with Gasteiger partial charge >= 0.3 is 0 Å². The molecule has 0 spiro atoms. The van der Waals surface area contributed by atoms with Crippen molar-refractivity contribution < 1.29 is 4.74 Å². The van der Waals surface area contributed by atoms with Crippen LogP contribution in [0.5, 0.6) is 10.9 Å². The number of benzene rings is 1. The van der Waals surface area contributed by atoms with E-state index in [0.29, 0.717) is 5.19 Å². The molecule has 0 bridgehead atoms.